The van der Waals surface area contributed by atoms with Crippen molar-refractivity contribution in [3.05, 3.63) is 0 Å². The molecule has 0 aliphatic heterocycles. The number of nitrogens with zero attached hydrogens (tertiary/aromatic N) is 1. The third kappa shape index (κ3) is 20.5. The lowest BCUT2D eigenvalue weighted by molar-refractivity contribution is -0.629. The number of carbonyl (C=O) groups excluding carboxylic acids is 4. The minimum atomic E-state index is -1.13. The standard InChI is InChI=1S/C40H76NO4/c1-5-9-13-17-21-25-29-33-37(42)41(38(43)34-30-26-22-18-14-10-6-2,39(44)35-31-27-23-19-15-11-7-3)40(45)36-32-28-24-20-16-12-8-4/h5-36H2,1-4H3/q+1. The van der Waals surface area contributed by atoms with Crippen molar-refractivity contribution in [3.8, 4) is 0 Å². The number of imide groups is 6. The lowest BCUT2D eigenvalue weighted by atomic mass is 10.0. The smallest absolute Gasteiger partial charge is 0.229 e. The quantitative estimate of drug-likeness (QED) is 0.0545. The molecule has 0 aromatic rings. The van der Waals surface area contributed by atoms with Gasteiger partial charge in [0, 0.05) is 0 Å². The lowest BCUT2D eigenvalue weighted by Crippen LogP contribution is -2.64. The summed E-state index contributed by atoms with van der Waals surface area (Å²) >= 11 is 0. The SMILES string of the molecule is CCCCCCCCCC(=O)[N+](C(=O)CCCCCCCCC)(C(=O)CCCCCCCCC)C(=O)CCCCCCCCC. The fraction of sp³-hybridized carbons (Fsp3) is 0.900. The van der Waals surface area contributed by atoms with Gasteiger partial charge in [0.1, 0.15) is 0 Å². The lowest BCUT2D eigenvalue weighted by Gasteiger charge is -2.29. The summed E-state index contributed by atoms with van der Waals surface area (Å²) in [6.45, 7) is 8.80. The molecule has 0 heterocycles. The molecule has 4 amide bonds. The van der Waals surface area contributed by atoms with Crippen LogP contribution in [0.2, 0.25) is 0 Å². The molecule has 0 spiro atoms. The molecule has 0 aromatic heterocycles. The Bertz CT molecular complexity index is 621. The summed E-state index contributed by atoms with van der Waals surface area (Å²) in [4.78, 5) is 56.2. The fourth-order valence-electron chi connectivity index (χ4n) is 6.44. The van der Waals surface area contributed by atoms with Crippen LogP contribution in [0.25, 0.3) is 0 Å². The molecule has 264 valence electrons. The van der Waals surface area contributed by atoms with E-state index in [4.69, 9.17) is 0 Å². The summed E-state index contributed by atoms with van der Waals surface area (Å²) in [5, 5.41) is 0. The van der Waals surface area contributed by atoms with Gasteiger partial charge in [-0.3, -0.25) is 0 Å². The van der Waals surface area contributed by atoms with E-state index in [-0.39, 0.29) is 25.7 Å². The van der Waals surface area contributed by atoms with E-state index in [1.165, 1.54) is 77.0 Å². The van der Waals surface area contributed by atoms with E-state index in [1.54, 1.807) is 0 Å². The third-order valence-corrected chi connectivity index (χ3v) is 9.47. The maximum absolute atomic E-state index is 14.1. The topological polar surface area (TPSA) is 68.3 Å². The van der Waals surface area contributed by atoms with E-state index in [0.717, 1.165) is 77.0 Å². The Kier molecular flexibility index (Phi) is 30.3. The van der Waals surface area contributed by atoms with Crippen LogP contribution in [0.1, 0.15) is 233 Å². The molecule has 0 saturated carbocycles. The third-order valence-electron chi connectivity index (χ3n) is 9.47. The Morgan fingerprint density at radius 1 is 0.267 bits per heavy atom. The predicted molar refractivity (Wildman–Crippen MR) is 191 cm³/mol. The zero-order valence-electron chi connectivity index (χ0n) is 30.7. The molecule has 0 unspecified atom stereocenters. The summed E-state index contributed by atoms with van der Waals surface area (Å²) in [6, 6.07) is 0. The van der Waals surface area contributed by atoms with Gasteiger partial charge < -0.3 is 0 Å². The highest BCUT2D eigenvalue weighted by Gasteiger charge is 2.55. The second-order valence-electron chi connectivity index (χ2n) is 13.7. The summed E-state index contributed by atoms with van der Waals surface area (Å²) in [5.74, 6) is -1.79. The first-order valence-corrected chi connectivity index (χ1v) is 20.0. The van der Waals surface area contributed by atoms with Crippen LogP contribution in [0, 0.1) is 0 Å². The number of carbonyl (C=O) groups is 4. The van der Waals surface area contributed by atoms with Gasteiger partial charge in [0.25, 0.3) is 0 Å². The van der Waals surface area contributed by atoms with Crippen molar-refractivity contribution in [2.75, 3.05) is 0 Å². The largest absolute Gasteiger partial charge is 0.336 e. The van der Waals surface area contributed by atoms with Crippen LogP contribution in [0.3, 0.4) is 0 Å². The zero-order chi connectivity index (χ0) is 33.4. The van der Waals surface area contributed by atoms with Crippen LogP contribution in [-0.2, 0) is 19.2 Å². The van der Waals surface area contributed by atoms with Crippen molar-refractivity contribution < 1.29 is 23.7 Å². The normalized spacial score (nSPS) is 11.6. The van der Waals surface area contributed by atoms with Gasteiger partial charge in [0.15, 0.2) is 0 Å². The van der Waals surface area contributed by atoms with E-state index in [9.17, 15) is 19.2 Å². The number of amides is 4. The average Bonchev–Trinajstić information content (AvgIpc) is 3.03. The summed E-state index contributed by atoms with van der Waals surface area (Å²) in [5.41, 5.74) is 0. The highest BCUT2D eigenvalue weighted by atomic mass is 16.2. The Morgan fingerprint density at radius 2 is 0.422 bits per heavy atom. The van der Waals surface area contributed by atoms with Gasteiger partial charge in [-0.2, -0.15) is 0 Å². The van der Waals surface area contributed by atoms with Crippen LogP contribution >= 0.6 is 0 Å². The second-order valence-corrected chi connectivity index (χ2v) is 13.7. The molecule has 0 fully saturated rings. The van der Waals surface area contributed by atoms with Crippen molar-refractivity contribution in [2.45, 2.75) is 233 Å². The van der Waals surface area contributed by atoms with Gasteiger partial charge in [0.2, 0.25) is 0 Å². The molecule has 0 N–H and O–H groups in total. The molecule has 0 aromatic carbocycles. The average molecular weight is 635 g/mol. The van der Waals surface area contributed by atoms with Crippen molar-refractivity contribution in [1.29, 1.82) is 0 Å². The minimum absolute atomic E-state index is 0.141. The number of hydrogen-bond acceptors (Lipinski definition) is 4. The van der Waals surface area contributed by atoms with Crippen LogP contribution in [0.5, 0.6) is 0 Å². The van der Waals surface area contributed by atoms with Crippen LogP contribution in [0.4, 0.5) is 0 Å². The predicted octanol–water partition coefficient (Wildman–Crippen LogP) is 12.5. The maximum Gasteiger partial charge on any atom is 0.336 e. The van der Waals surface area contributed by atoms with Crippen molar-refractivity contribution in [2.24, 2.45) is 0 Å². The Balaban J connectivity index is 5.68. The number of hydrogen-bond donors (Lipinski definition) is 0. The van der Waals surface area contributed by atoms with Gasteiger partial charge in [-0.05, 0) is 25.7 Å². The highest BCUT2D eigenvalue weighted by molar-refractivity contribution is 6.09. The monoisotopic (exact) mass is 635 g/mol. The molecular formula is C40H76NO4+. The first-order valence-electron chi connectivity index (χ1n) is 20.0. The molecule has 0 atom stereocenters. The first-order chi connectivity index (χ1) is 21.9. The van der Waals surface area contributed by atoms with Crippen molar-refractivity contribution in [1.82, 2.24) is 0 Å². The molecule has 0 aliphatic rings. The fourth-order valence-corrected chi connectivity index (χ4v) is 6.44. The summed E-state index contributed by atoms with van der Waals surface area (Å²) in [7, 11) is 0. The molecule has 5 nitrogen and oxygen atoms in total. The van der Waals surface area contributed by atoms with E-state index >= 15 is 0 Å². The Morgan fingerprint density at radius 3 is 0.600 bits per heavy atom. The van der Waals surface area contributed by atoms with Crippen molar-refractivity contribution in [3.63, 3.8) is 0 Å². The molecular weight excluding hydrogens is 558 g/mol. The van der Waals surface area contributed by atoms with E-state index in [1.807, 2.05) is 0 Å². The van der Waals surface area contributed by atoms with Crippen LogP contribution < -0.4 is 0 Å². The van der Waals surface area contributed by atoms with Crippen LogP contribution in [-0.4, -0.2) is 28.1 Å². The molecule has 45 heavy (non-hydrogen) atoms. The summed E-state index contributed by atoms with van der Waals surface area (Å²) < 4.78 is -1.13. The molecule has 0 saturated heterocycles. The van der Waals surface area contributed by atoms with Gasteiger partial charge in [0.05, 0.1) is 25.7 Å². The van der Waals surface area contributed by atoms with E-state index in [0.29, 0.717) is 25.7 Å². The first kappa shape index (κ1) is 43.6. The molecule has 0 radical (unpaired) electrons. The van der Waals surface area contributed by atoms with Gasteiger partial charge in [-0.1, -0.05) is 186 Å². The van der Waals surface area contributed by atoms with Crippen LogP contribution in [0.15, 0.2) is 0 Å². The molecule has 5 heteroatoms. The highest BCUT2D eigenvalue weighted by Crippen LogP contribution is 2.25. The number of unbranched alkanes of at least 4 members (excludes halogenated alkanes) is 24. The number of rotatable bonds is 32. The van der Waals surface area contributed by atoms with Gasteiger partial charge >= 0.3 is 23.6 Å². The Labute approximate surface area is 280 Å². The van der Waals surface area contributed by atoms with Gasteiger partial charge in [-0.25, -0.2) is 19.2 Å². The minimum Gasteiger partial charge on any atom is -0.229 e. The summed E-state index contributed by atoms with van der Waals surface area (Å²) in [6.07, 6.45) is 30.1. The molecule has 0 bridgehead atoms. The maximum atomic E-state index is 14.1. The zero-order valence-corrected chi connectivity index (χ0v) is 30.7. The van der Waals surface area contributed by atoms with Crippen molar-refractivity contribution >= 4 is 23.6 Å². The Hall–Kier alpha value is -1.36. The number of quaternary nitrogens is 1. The van der Waals surface area contributed by atoms with E-state index in [2.05, 4.69) is 27.7 Å². The second kappa shape index (κ2) is 31.3. The van der Waals surface area contributed by atoms with E-state index < -0.39 is 28.1 Å². The molecule has 0 aliphatic carbocycles. The molecule has 0 rings (SSSR count). The van der Waals surface area contributed by atoms with Gasteiger partial charge in [-0.15, -0.1) is 0 Å².